The Balaban J connectivity index is 0.000000791. The SMILES string of the molecule is CC.CCCN1CCN(C)CC1CC. The summed E-state index contributed by atoms with van der Waals surface area (Å²) in [5, 5.41) is 0. The van der Waals surface area contributed by atoms with Crippen LogP contribution in [0.1, 0.15) is 40.5 Å². The second-order valence-electron chi connectivity index (χ2n) is 3.86. The van der Waals surface area contributed by atoms with Crippen LogP contribution in [0.3, 0.4) is 0 Å². The van der Waals surface area contributed by atoms with Gasteiger partial charge in [0.15, 0.2) is 0 Å². The van der Waals surface area contributed by atoms with Crippen molar-refractivity contribution in [2.45, 2.75) is 46.6 Å². The van der Waals surface area contributed by atoms with Crippen LogP contribution in [0.25, 0.3) is 0 Å². The van der Waals surface area contributed by atoms with Crippen molar-refractivity contribution >= 4 is 0 Å². The molecule has 1 aliphatic heterocycles. The lowest BCUT2D eigenvalue weighted by atomic mass is 10.1. The first-order chi connectivity index (χ1) is 6.77. The highest BCUT2D eigenvalue weighted by atomic mass is 15.3. The Kier molecular flexibility index (Phi) is 8.20. The molecular formula is C12H28N2. The Hall–Kier alpha value is -0.0800. The molecule has 1 rings (SSSR count). The van der Waals surface area contributed by atoms with Crippen LogP contribution < -0.4 is 0 Å². The maximum Gasteiger partial charge on any atom is 0.0220 e. The third kappa shape index (κ3) is 4.43. The third-order valence-electron chi connectivity index (χ3n) is 2.79. The minimum absolute atomic E-state index is 0.809. The van der Waals surface area contributed by atoms with Crippen molar-refractivity contribution in [3.05, 3.63) is 0 Å². The van der Waals surface area contributed by atoms with Crippen molar-refractivity contribution < 1.29 is 0 Å². The summed E-state index contributed by atoms with van der Waals surface area (Å²) in [5.74, 6) is 0. The fourth-order valence-electron chi connectivity index (χ4n) is 2.02. The fraction of sp³-hybridized carbons (Fsp3) is 1.00. The molecule has 0 radical (unpaired) electrons. The largest absolute Gasteiger partial charge is 0.304 e. The van der Waals surface area contributed by atoms with Crippen LogP contribution in [-0.4, -0.2) is 49.1 Å². The smallest absolute Gasteiger partial charge is 0.0220 e. The highest BCUT2D eigenvalue weighted by Crippen LogP contribution is 2.11. The molecule has 1 aliphatic rings. The van der Waals surface area contributed by atoms with Crippen LogP contribution in [0.2, 0.25) is 0 Å². The van der Waals surface area contributed by atoms with Crippen LogP contribution in [0.5, 0.6) is 0 Å². The number of hydrogen-bond donors (Lipinski definition) is 0. The Bertz CT molecular complexity index is 125. The summed E-state index contributed by atoms with van der Waals surface area (Å²) in [6.45, 7) is 13.6. The van der Waals surface area contributed by atoms with Gasteiger partial charge >= 0.3 is 0 Å². The highest BCUT2D eigenvalue weighted by Gasteiger charge is 2.22. The molecule has 14 heavy (non-hydrogen) atoms. The summed E-state index contributed by atoms with van der Waals surface area (Å²) < 4.78 is 0. The minimum Gasteiger partial charge on any atom is -0.304 e. The normalized spacial score (nSPS) is 24.2. The van der Waals surface area contributed by atoms with E-state index in [0.717, 1.165) is 6.04 Å². The molecule has 0 aliphatic carbocycles. The van der Waals surface area contributed by atoms with Crippen LogP contribution in [-0.2, 0) is 0 Å². The van der Waals surface area contributed by atoms with Gasteiger partial charge in [-0.1, -0.05) is 27.7 Å². The third-order valence-corrected chi connectivity index (χ3v) is 2.79. The molecule has 1 unspecified atom stereocenters. The first kappa shape index (κ1) is 13.9. The van der Waals surface area contributed by atoms with Crippen molar-refractivity contribution in [1.82, 2.24) is 9.80 Å². The van der Waals surface area contributed by atoms with E-state index in [2.05, 4.69) is 30.7 Å². The summed E-state index contributed by atoms with van der Waals surface area (Å²) in [5.41, 5.74) is 0. The lowest BCUT2D eigenvalue weighted by molar-refractivity contribution is 0.0877. The molecule has 0 bridgehead atoms. The molecule has 1 saturated heterocycles. The lowest BCUT2D eigenvalue weighted by Gasteiger charge is -2.39. The first-order valence-corrected chi connectivity index (χ1v) is 6.20. The van der Waals surface area contributed by atoms with Gasteiger partial charge in [-0.3, -0.25) is 4.90 Å². The Morgan fingerprint density at radius 2 is 1.79 bits per heavy atom. The maximum absolute atomic E-state index is 2.64. The monoisotopic (exact) mass is 200 g/mol. The maximum atomic E-state index is 2.64. The Morgan fingerprint density at radius 1 is 1.14 bits per heavy atom. The lowest BCUT2D eigenvalue weighted by Crippen LogP contribution is -2.51. The van der Waals surface area contributed by atoms with Gasteiger partial charge in [-0.25, -0.2) is 0 Å². The zero-order chi connectivity index (χ0) is 11.0. The Morgan fingerprint density at radius 3 is 2.29 bits per heavy atom. The van der Waals surface area contributed by atoms with E-state index in [1.54, 1.807) is 0 Å². The summed E-state index contributed by atoms with van der Waals surface area (Å²) in [6, 6.07) is 0.809. The van der Waals surface area contributed by atoms with Crippen molar-refractivity contribution in [3.8, 4) is 0 Å². The van der Waals surface area contributed by atoms with E-state index in [9.17, 15) is 0 Å². The second-order valence-corrected chi connectivity index (χ2v) is 3.86. The second kappa shape index (κ2) is 8.25. The van der Waals surface area contributed by atoms with E-state index >= 15 is 0 Å². The Labute approximate surface area is 90.3 Å². The van der Waals surface area contributed by atoms with Gasteiger partial charge in [-0.2, -0.15) is 0 Å². The van der Waals surface area contributed by atoms with Crippen LogP contribution in [0.4, 0.5) is 0 Å². The molecule has 1 heterocycles. The summed E-state index contributed by atoms with van der Waals surface area (Å²) in [4.78, 5) is 5.08. The predicted molar refractivity (Wildman–Crippen MR) is 64.8 cm³/mol. The minimum atomic E-state index is 0.809. The number of likely N-dealkylation sites (N-methyl/N-ethyl adjacent to an activating group) is 1. The van der Waals surface area contributed by atoms with Crippen molar-refractivity contribution in [1.29, 1.82) is 0 Å². The molecule has 0 N–H and O–H groups in total. The van der Waals surface area contributed by atoms with E-state index in [-0.39, 0.29) is 0 Å². The van der Waals surface area contributed by atoms with Gasteiger partial charge in [-0.15, -0.1) is 0 Å². The van der Waals surface area contributed by atoms with Gasteiger partial charge < -0.3 is 4.90 Å². The van der Waals surface area contributed by atoms with Crippen molar-refractivity contribution in [2.75, 3.05) is 33.2 Å². The molecule has 0 aromatic rings. The van der Waals surface area contributed by atoms with Gasteiger partial charge in [-0.05, 0) is 26.4 Å². The van der Waals surface area contributed by atoms with E-state index in [4.69, 9.17) is 0 Å². The molecule has 1 fully saturated rings. The van der Waals surface area contributed by atoms with E-state index in [0.29, 0.717) is 0 Å². The van der Waals surface area contributed by atoms with Crippen molar-refractivity contribution in [2.24, 2.45) is 0 Å². The molecular weight excluding hydrogens is 172 g/mol. The van der Waals surface area contributed by atoms with Gasteiger partial charge in [0.25, 0.3) is 0 Å². The zero-order valence-electron chi connectivity index (χ0n) is 10.7. The molecule has 0 aromatic carbocycles. The van der Waals surface area contributed by atoms with E-state index in [1.165, 1.54) is 39.0 Å². The molecule has 0 aromatic heterocycles. The van der Waals surface area contributed by atoms with Crippen molar-refractivity contribution in [3.63, 3.8) is 0 Å². The summed E-state index contributed by atoms with van der Waals surface area (Å²) in [6.07, 6.45) is 2.59. The van der Waals surface area contributed by atoms with Gasteiger partial charge in [0.1, 0.15) is 0 Å². The molecule has 0 saturated carbocycles. The van der Waals surface area contributed by atoms with Gasteiger partial charge in [0.2, 0.25) is 0 Å². The standard InChI is InChI=1S/C10H22N2.C2H6/c1-4-6-12-8-7-11(3)9-10(12)5-2;1-2/h10H,4-9H2,1-3H3;1-2H3. The average molecular weight is 200 g/mol. The number of nitrogens with zero attached hydrogens (tertiary/aromatic N) is 2. The average Bonchev–Trinajstić information content (AvgIpc) is 2.24. The zero-order valence-corrected chi connectivity index (χ0v) is 10.7. The fourth-order valence-corrected chi connectivity index (χ4v) is 2.02. The highest BCUT2D eigenvalue weighted by molar-refractivity contribution is 4.79. The summed E-state index contributed by atoms with van der Waals surface area (Å²) >= 11 is 0. The quantitative estimate of drug-likeness (QED) is 0.690. The molecule has 86 valence electrons. The molecule has 1 atom stereocenters. The molecule has 0 amide bonds. The first-order valence-electron chi connectivity index (χ1n) is 6.20. The topological polar surface area (TPSA) is 6.48 Å². The van der Waals surface area contributed by atoms with Gasteiger partial charge in [0, 0.05) is 25.7 Å². The van der Waals surface area contributed by atoms with Crippen LogP contribution in [0.15, 0.2) is 0 Å². The molecule has 2 nitrogen and oxygen atoms in total. The number of rotatable bonds is 3. The number of hydrogen-bond acceptors (Lipinski definition) is 2. The predicted octanol–water partition coefficient (Wildman–Crippen LogP) is 2.45. The van der Waals surface area contributed by atoms with E-state index < -0.39 is 0 Å². The van der Waals surface area contributed by atoms with Crippen LogP contribution in [0, 0.1) is 0 Å². The van der Waals surface area contributed by atoms with Crippen LogP contribution >= 0.6 is 0 Å². The van der Waals surface area contributed by atoms with E-state index in [1.807, 2.05) is 13.8 Å². The summed E-state index contributed by atoms with van der Waals surface area (Å²) in [7, 11) is 2.23. The molecule has 2 heteroatoms. The molecule has 0 spiro atoms. The van der Waals surface area contributed by atoms with Gasteiger partial charge in [0.05, 0.1) is 0 Å². The number of piperazine rings is 1.